The molecule has 0 aromatic rings. The third-order valence-corrected chi connectivity index (χ3v) is 15.9. The summed E-state index contributed by atoms with van der Waals surface area (Å²) in [5.74, 6) is -0.0541. The van der Waals surface area contributed by atoms with Gasteiger partial charge in [0.15, 0.2) is 0 Å². The molecule has 1 amide bonds. The summed E-state index contributed by atoms with van der Waals surface area (Å²) in [4.78, 5) is 24.6. The lowest BCUT2D eigenvalue weighted by Crippen LogP contribution is -2.45. The van der Waals surface area contributed by atoms with E-state index in [4.69, 9.17) is 4.74 Å². The SMILES string of the molecule is CCCCCCCC/C=C\CCCCCCCCCC(=O)OCCCCCCCCCCCCCC/C=C\CCCCCCCCCCCCCCC(=O)NC(CO)C(O)/C=C/CCCCCCCCCCCCCC. The first-order valence-electron chi connectivity index (χ1n) is 34.3. The fourth-order valence-corrected chi connectivity index (χ4v) is 10.6. The maximum absolute atomic E-state index is 12.5. The molecule has 0 aromatic carbocycles. The summed E-state index contributed by atoms with van der Waals surface area (Å²) in [6.45, 7) is 4.92. The number of hydrogen-bond acceptors (Lipinski definition) is 5. The molecule has 3 N–H and O–H groups in total. The average molecular weight is 1070 g/mol. The van der Waals surface area contributed by atoms with Crippen molar-refractivity contribution in [1.82, 2.24) is 5.32 Å². The Morgan fingerprint density at radius 1 is 0.355 bits per heavy atom. The molecule has 448 valence electrons. The lowest BCUT2D eigenvalue weighted by Gasteiger charge is -2.20. The molecule has 0 aliphatic carbocycles. The second-order valence-electron chi connectivity index (χ2n) is 23.5. The molecule has 2 atom stereocenters. The van der Waals surface area contributed by atoms with E-state index in [0.29, 0.717) is 19.4 Å². The number of allylic oxidation sites excluding steroid dienone is 5. The van der Waals surface area contributed by atoms with E-state index in [1.165, 1.54) is 302 Å². The summed E-state index contributed by atoms with van der Waals surface area (Å²) in [7, 11) is 0. The lowest BCUT2D eigenvalue weighted by molar-refractivity contribution is -0.143. The first kappa shape index (κ1) is 74.1. The number of aliphatic hydroxyl groups excluding tert-OH is 2. The van der Waals surface area contributed by atoms with Gasteiger partial charge in [-0.1, -0.05) is 314 Å². The van der Waals surface area contributed by atoms with Crippen molar-refractivity contribution in [2.24, 2.45) is 0 Å². The van der Waals surface area contributed by atoms with Gasteiger partial charge >= 0.3 is 5.97 Å². The highest BCUT2D eigenvalue weighted by atomic mass is 16.5. The van der Waals surface area contributed by atoms with Gasteiger partial charge in [0.05, 0.1) is 25.4 Å². The second-order valence-corrected chi connectivity index (χ2v) is 23.5. The van der Waals surface area contributed by atoms with Crippen LogP contribution in [0.5, 0.6) is 0 Å². The molecule has 0 aliphatic rings. The van der Waals surface area contributed by atoms with E-state index in [1.54, 1.807) is 6.08 Å². The molecule has 0 fully saturated rings. The van der Waals surface area contributed by atoms with Crippen LogP contribution in [0.1, 0.15) is 373 Å². The van der Waals surface area contributed by atoms with Gasteiger partial charge in [0.2, 0.25) is 5.91 Å². The van der Waals surface area contributed by atoms with Crippen molar-refractivity contribution in [2.45, 2.75) is 386 Å². The van der Waals surface area contributed by atoms with Crippen LogP contribution in [-0.4, -0.2) is 47.4 Å². The minimum atomic E-state index is -0.844. The Kier molecular flexibility index (Phi) is 63.9. The van der Waals surface area contributed by atoms with Crippen LogP contribution >= 0.6 is 0 Å². The first-order valence-corrected chi connectivity index (χ1v) is 34.3. The summed E-state index contributed by atoms with van der Waals surface area (Å²) >= 11 is 0. The van der Waals surface area contributed by atoms with Crippen molar-refractivity contribution in [2.75, 3.05) is 13.2 Å². The zero-order chi connectivity index (χ0) is 55.0. The predicted molar refractivity (Wildman–Crippen MR) is 333 cm³/mol. The summed E-state index contributed by atoms with van der Waals surface area (Å²) in [5, 5.41) is 23.1. The van der Waals surface area contributed by atoms with Crippen molar-refractivity contribution in [1.29, 1.82) is 0 Å². The van der Waals surface area contributed by atoms with Crippen molar-refractivity contribution in [3.05, 3.63) is 36.5 Å². The van der Waals surface area contributed by atoms with Gasteiger partial charge in [-0.2, -0.15) is 0 Å². The molecule has 76 heavy (non-hydrogen) atoms. The van der Waals surface area contributed by atoms with E-state index in [0.717, 1.165) is 44.9 Å². The molecule has 0 aromatic heterocycles. The Balaban J connectivity index is 3.38. The maximum Gasteiger partial charge on any atom is 0.305 e. The highest BCUT2D eigenvalue weighted by molar-refractivity contribution is 5.76. The Bertz CT molecular complexity index is 1230. The molecule has 6 nitrogen and oxygen atoms in total. The topological polar surface area (TPSA) is 95.9 Å². The molecule has 0 bridgehead atoms. The molecule has 2 unspecified atom stereocenters. The lowest BCUT2D eigenvalue weighted by atomic mass is 10.0. The summed E-state index contributed by atoms with van der Waals surface area (Å²) in [5.41, 5.74) is 0. The molecular weight excluding hydrogens is 935 g/mol. The number of aliphatic hydroxyl groups is 2. The number of unbranched alkanes of at least 4 members (excludes halogenated alkanes) is 49. The van der Waals surface area contributed by atoms with Gasteiger partial charge in [0.25, 0.3) is 0 Å². The number of hydrogen-bond donors (Lipinski definition) is 3. The quantitative estimate of drug-likeness (QED) is 0.0320. The summed E-state index contributed by atoms with van der Waals surface area (Å²) in [6, 6.07) is -0.627. The minimum Gasteiger partial charge on any atom is -0.466 e. The van der Waals surface area contributed by atoms with Gasteiger partial charge in [0, 0.05) is 12.8 Å². The number of nitrogens with one attached hydrogen (secondary N) is 1. The number of rotatable bonds is 64. The number of amides is 1. The molecule has 0 saturated carbocycles. The maximum atomic E-state index is 12.5. The summed E-state index contributed by atoms with van der Waals surface area (Å²) < 4.78 is 5.50. The molecule has 0 spiro atoms. The number of carbonyl (C=O) groups excluding carboxylic acids is 2. The van der Waals surface area contributed by atoms with Crippen LogP contribution in [0.2, 0.25) is 0 Å². The zero-order valence-corrected chi connectivity index (χ0v) is 51.3. The molecule has 0 radical (unpaired) electrons. The van der Waals surface area contributed by atoms with Gasteiger partial charge in [-0.05, 0) is 83.5 Å². The Morgan fingerprint density at radius 2 is 0.618 bits per heavy atom. The van der Waals surface area contributed by atoms with Crippen molar-refractivity contribution in [3.63, 3.8) is 0 Å². The third-order valence-electron chi connectivity index (χ3n) is 15.9. The number of carbonyl (C=O) groups is 2. The summed E-state index contributed by atoms with van der Waals surface area (Å²) in [6.07, 6.45) is 83.6. The fourth-order valence-electron chi connectivity index (χ4n) is 10.6. The van der Waals surface area contributed by atoms with Crippen LogP contribution in [0.15, 0.2) is 36.5 Å². The minimum absolute atomic E-state index is 0.0124. The van der Waals surface area contributed by atoms with E-state index in [9.17, 15) is 19.8 Å². The average Bonchev–Trinajstić information content (AvgIpc) is 3.42. The number of ether oxygens (including phenoxy) is 1. The first-order chi connectivity index (χ1) is 37.5. The molecule has 0 aliphatic heterocycles. The zero-order valence-electron chi connectivity index (χ0n) is 51.3. The highest BCUT2D eigenvalue weighted by Crippen LogP contribution is 2.18. The van der Waals surface area contributed by atoms with Crippen LogP contribution in [0.3, 0.4) is 0 Å². The highest BCUT2D eigenvalue weighted by Gasteiger charge is 2.18. The van der Waals surface area contributed by atoms with Gasteiger partial charge in [-0.25, -0.2) is 0 Å². The van der Waals surface area contributed by atoms with Crippen molar-refractivity contribution >= 4 is 11.9 Å². The Hall–Kier alpha value is -1.92. The van der Waals surface area contributed by atoms with Gasteiger partial charge in [-0.3, -0.25) is 9.59 Å². The monoisotopic (exact) mass is 1070 g/mol. The molecule has 0 heterocycles. The van der Waals surface area contributed by atoms with E-state index in [2.05, 4.69) is 43.5 Å². The van der Waals surface area contributed by atoms with E-state index >= 15 is 0 Å². The second kappa shape index (κ2) is 65.6. The molecule has 0 rings (SSSR count). The van der Waals surface area contributed by atoms with Crippen LogP contribution in [0, 0.1) is 0 Å². The Morgan fingerprint density at radius 3 is 0.934 bits per heavy atom. The van der Waals surface area contributed by atoms with Crippen LogP contribution in [0.4, 0.5) is 0 Å². The van der Waals surface area contributed by atoms with Crippen molar-refractivity contribution in [3.8, 4) is 0 Å². The van der Waals surface area contributed by atoms with E-state index < -0.39 is 12.1 Å². The molecular formula is C70H133NO5. The van der Waals surface area contributed by atoms with Crippen molar-refractivity contribution < 1.29 is 24.5 Å². The van der Waals surface area contributed by atoms with E-state index in [1.807, 2.05) is 6.08 Å². The smallest absolute Gasteiger partial charge is 0.305 e. The normalized spacial score (nSPS) is 12.7. The largest absolute Gasteiger partial charge is 0.466 e. The van der Waals surface area contributed by atoms with Gasteiger partial charge < -0.3 is 20.3 Å². The third kappa shape index (κ3) is 61.3. The van der Waals surface area contributed by atoms with E-state index in [-0.39, 0.29) is 18.5 Å². The fraction of sp³-hybridized carbons (Fsp3) is 0.886. The van der Waals surface area contributed by atoms with Gasteiger partial charge in [0.1, 0.15) is 0 Å². The predicted octanol–water partition coefficient (Wildman–Crippen LogP) is 21.9. The van der Waals surface area contributed by atoms with Gasteiger partial charge in [-0.15, -0.1) is 0 Å². The number of esters is 1. The molecule has 6 heteroatoms. The standard InChI is InChI=1S/C70H133NO5/c1-3-5-7-9-11-13-15-17-19-32-36-40-44-48-52-56-60-64-70(75)76-65-61-57-53-49-45-41-37-34-31-29-27-25-23-21-20-22-24-26-28-30-33-35-39-43-47-51-55-59-63-69(74)71-67(66-72)68(73)62-58-54-50-46-42-38-18-16-14-12-10-8-6-4-2/h17,19-21,58,62,67-68,72-73H,3-16,18,22-57,59-61,63-66H2,1-2H3,(H,71,74)/b19-17-,21-20-,62-58+. The van der Waals surface area contributed by atoms with Crippen LogP contribution < -0.4 is 5.32 Å². The van der Waals surface area contributed by atoms with Crippen LogP contribution in [0.25, 0.3) is 0 Å². The molecule has 0 saturated heterocycles. The van der Waals surface area contributed by atoms with Crippen LogP contribution in [-0.2, 0) is 14.3 Å². The Labute approximate surface area is 474 Å².